The van der Waals surface area contributed by atoms with E-state index in [9.17, 15) is 5.26 Å². The summed E-state index contributed by atoms with van der Waals surface area (Å²) < 4.78 is 11.2. The van der Waals surface area contributed by atoms with E-state index in [1.54, 1.807) is 0 Å². The fourth-order valence-corrected chi connectivity index (χ4v) is 7.59. The van der Waals surface area contributed by atoms with Crippen molar-refractivity contribution in [1.29, 1.82) is 5.26 Å². The molecule has 218 valence electrons. The minimum atomic E-state index is 0.559. The van der Waals surface area contributed by atoms with Crippen LogP contribution < -0.4 is 0 Å². The van der Waals surface area contributed by atoms with Crippen LogP contribution in [-0.2, 0) is 0 Å². The van der Waals surface area contributed by atoms with Gasteiger partial charge in [0.1, 0.15) is 5.58 Å². The number of fused-ring (bicyclic) bond motifs is 10. The van der Waals surface area contributed by atoms with Crippen molar-refractivity contribution in [3.8, 4) is 11.8 Å². The second-order valence-corrected chi connectivity index (χ2v) is 12.1. The van der Waals surface area contributed by atoms with Crippen LogP contribution in [0.1, 0.15) is 23.2 Å². The zero-order valence-electron chi connectivity index (χ0n) is 25.2. The molecule has 0 N–H and O–H groups in total. The molecule has 2 aliphatic rings. The van der Waals surface area contributed by atoms with Gasteiger partial charge in [-0.1, -0.05) is 85.0 Å². The molecule has 0 radical (unpaired) electrons. The lowest BCUT2D eigenvalue weighted by Gasteiger charge is -2.19. The van der Waals surface area contributed by atoms with Crippen LogP contribution in [0.2, 0.25) is 0 Å². The molecule has 0 unspecified atom stereocenters. The van der Waals surface area contributed by atoms with Crippen molar-refractivity contribution in [2.24, 2.45) is 0 Å². The molecule has 5 aromatic carbocycles. The molecule has 0 fully saturated rings. The van der Waals surface area contributed by atoms with Gasteiger partial charge >= 0.3 is 0 Å². The van der Waals surface area contributed by atoms with Crippen LogP contribution in [0.15, 0.2) is 143 Å². The second kappa shape index (κ2) is 9.73. The fourth-order valence-electron chi connectivity index (χ4n) is 7.59. The lowest BCUT2D eigenvalue weighted by molar-refractivity contribution is 0.671. The third-order valence-electron chi connectivity index (χ3n) is 9.62. The van der Waals surface area contributed by atoms with E-state index in [2.05, 4.69) is 130 Å². The predicted molar refractivity (Wildman–Crippen MR) is 193 cm³/mol. The maximum atomic E-state index is 10.5. The van der Waals surface area contributed by atoms with Crippen molar-refractivity contribution in [3.05, 3.63) is 156 Å². The SMILES string of the molecule is N#CC1=C(n2c3c(c4ccccc42)C=C=C3)C(c2ccc3c(c2)c2ccc4c5ccccc5oc4c2n3-c2ccccc2)=CC=CC1. The van der Waals surface area contributed by atoms with Crippen LogP contribution in [0.4, 0.5) is 0 Å². The van der Waals surface area contributed by atoms with E-state index >= 15 is 0 Å². The van der Waals surface area contributed by atoms with Crippen molar-refractivity contribution in [1.82, 2.24) is 9.13 Å². The summed E-state index contributed by atoms with van der Waals surface area (Å²) in [6.45, 7) is 0. The molecule has 0 amide bonds. The maximum absolute atomic E-state index is 10.5. The zero-order valence-corrected chi connectivity index (χ0v) is 25.2. The highest BCUT2D eigenvalue weighted by Gasteiger charge is 2.26. The number of benzene rings is 5. The number of hydrogen-bond donors (Lipinski definition) is 0. The molecule has 0 saturated heterocycles. The van der Waals surface area contributed by atoms with Crippen LogP contribution in [0.3, 0.4) is 0 Å². The molecule has 4 nitrogen and oxygen atoms in total. The van der Waals surface area contributed by atoms with Crippen molar-refractivity contribution in [2.75, 3.05) is 0 Å². The van der Waals surface area contributed by atoms with E-state index < -0.39 is 0 Å². The van der Waals surface area contributed by atoms with Gasteiger partial charge in [0.2, 0.25) is 0 Å². The molecule has 2 aliphatic carbocycles. The molecule has 10 rings (SSSR count). The number of hydrogen-bond acceptors (Lipinski definition) is 2. The summed E-state index contributed by atoms with van der Waals surface area (Å²) in [4.78, 5) is 0. The summed E-state index contributed by atoms with van der Waals surface area (Å²) in [5, 5.41) is 16.2. The molecule has 0 aliphatic heterocycles. The fraction of sp³-hybridized carbons (Fsp3) is 0.0233. The molecule has 47 heavy (non-hydrogen) atoms. The van der Waals surface area contributed by atoms with Gasteiger partial charge in [0.25, 0.3) is 0 Å². The van der Waals surface area contributed by atoms with Gasteiger partial charge < -0.3 is 13.6 Å². The summed E-state index contributed by atoms with van der Waals surface area (Å²) in [6.07, 6.45) is 10.9. The number of nitrogens with zero attached hydrogens (tertiary/aromatic N) is 3. The Hall–Kier alpha value is -6.53. The molecular formula is C43H25N3O. The van der Waals surface area contributed by atoms with Crippen LogP contribution in [-0.4, -0.2) is 9.13 Å². The number of allylic oxidation sites excluding steroid dienone is 6. The van der Waals surface area contributed by atoms with E-state index in [4.69, 9.17) is 4.42 Å². The number of aromatic nitrogens is 2. The Labute approximate surface area is 270 Å². The standard InChI is InChI=1S/C43H25N3O/c44-26-28-11-4-5-14-30(41(28)46-37-18-8-6-15-31(37)32-17-10-19-38(32)46)27-21-24-39-36(25-27)34-22-23-35-33-16-7-9-20-40(33)47-43(35)42(34)45(39)29-12-2-1-3-13-29/h1-9,12-25H,11H2. The average Bonchev–Trinajstić information content (AvgIpc) is 3.86. The summed E-state index contributed by atoms with van der Waals surface area (Å²) in [5.41, 5.74) is 15.2. The van der Waals surface area contributed by atoms with Crippen LogP contribution >= 0.6 is 0 Å². The lowest BCUT2D eigenvalue weighted by Crippen LogP contribution is -2.05. The van der Waals surface area contributed by atoms with Gasteiger partial charge in [-0.15, -0.1) is 5.73 Å². The minimum absolute atomic E-state index is 0.559. The topological polar surface area (TPSA) is 46.8 Å². The first-order chi connectivity index (χ1) is 23.3. The smallest absolute Gasteiger partial charge is 0.160 e. The van der Waals surface area contributed by atoms with E-state index in [0.29, 0.717) is 6.42 Å². The van der Waals surface area contributed by atoms with E-state index in [0.717, 1.165) is 94.0 Å². The first-order valence-electron chi connectivity index (χ1n) is 15.8. The van der Waals surface area contributed by atoms with E-state index in [-0.39, 0.29) is 0 Å². The molecular weight excluding hydrogens is 574 g/mol. The van der Waals surface area contributed by atoms with Crippen molar-refractivity contribution in [3.63, 3.8) is 0 Å². The first kappa shape index (κ1) is 25.8. The molecule has 0 atom stereocenters. The predicted octanol–water partition coefficient (Wildman–Crippen LogP) is 11.1. The van der Waals surface area contributed by atoms with Gasteiger partial charge in [-0.25, -0.2) is 0 Å². The van der Waals surface area contributed by atoms with Gasteiger partial charge in [-0.3, -0.25) is 0 Å². The Bertz CT molecular complexity index is 2850. The monoisotopic (exact) mass is 599 g/mol. The first-order valence-corrected chi connectivity index (χ1v) is 15.8. The van der Waals surface area contributed by atoms with Crippen molar-refractivity contribution in [2.45, 2.75) is 6.42 Å². The Morgan fingerprint density at radius 2 is 1.49 bits per heavy atom. The second-order valence-electron chi connectivity index (χ2n) is 12.1. The van der Waals surface area contributed by atoms with Gasteiger partial charge in [-0.05, 0) is 54.1 Å². The summed E-state index contributed by atoms with van der Waals surface area (Å²) in [6, 6.07) is 40.8. The van der Waals surface area contributed by atoms with Crippen molar-refractivity contribution >= 4 is 78.1 Å². The highest BCUT2D eigenvalue weighted by Crippen LogP contribution is 2.44. The van der Waals surface area contributed by atoms with Crippen LogP contribution in [0, 0.1) is 11.3 Å². The summed E-state index contributed by atoms with van der Waals surface area (Å²) in [7, 11) is 0. The largest absolute Gasteiger partial charge is 0.454 e. The molecule has 0 spiro atoms. The highest BCUT2D eigenvalue weighted by atomic mass is 16.3. The molecule has 3 heterocycles. The van der Waals surface area contributed by atoms with Gasteiger partial charge in [-0.2, -0.15) is 5.26 Å². The maximum Gasteiger partial charge on any atom is 0.160 e. The van der Waals surface area contributed by atoms with E-state index in [1.165, 1.54) is 0 Å². The van der Waals surface area contributed by atoms with Crippen LogP contribution in [0.25, 0.3) is 83.8 Å². The Kier molecular flexibility index (Phi) is 5.33. The molecule has 0 saturated carbocycles. The Morgan fingerprint density at radius 3 is 2.38 bits per heavy atom. The minimum Gasteiger partial charge on any atom is -0.454 e. The number of nitriles is 1. The molecule has 3 aromatic heterocycles. The average molecular weight is 600 g/mol. The Balaban J connectivity index is 1.28. The quantitative estimate of drug-likeness (QED) is 0.190. The Morgan fingerprint density at radius 1 is 0.702 bits per heavy atom. The lowest BCUT2D eigenvalue weighted by atomic mass is 9.96. The van der Waals surface area contributed by atoms with Gasteiger partial charge in [0.05, 0.1) is 39.6 Å². The van der Waals surface area contributed by atoms with Crippen LogP contribution in [0.5, 0.6) is 0 Å². The van der Waals surface area contributed by atoms with Gasteiger partial charge in [0, 0.05) is 56.3 Å². The summed E-state index contributed by atoms with van der Waals surface area (Å²) >= 11 is 0. The normalized spacial score (nSPS) is 14.1. The number of para-hydroxylation sites is 3. The molecule has 8 aromatic rings. The van der Waals surface area contributed by atoms with Gasteiger partial charge in [0.15, 0.2) is 5.58 Å². The van der Waals surface area contributed by atoms with Crippen molar-refractivity contribution < 1.29 is 4.42 Å². The molecule has 4 heteroatoms. The number of rotatable bonds is 3. The third kappa shape index (κ3) is 3.58. The summed E-state index contributed by atoms with van der Waals surface area (Å²) in [5.74, 6) is 0. The molecule has 0 bridgehead atoms. The highest BCUT2D eigenvalue weighted by molar-refractivity contribution is 6.22. The zero-order chi connectivity index (χ0) is 31.1. The van der Waals surface area contributed by atoms with E-state index in [1.807, 2.05) is 30.4 Å². The third-order valence-corrected chi connectivity index (χ3v) is 9.62. The number of furan rings is 1.